The molecule has 1 aliphatic rings. The molecule has 1 N–H and O–H groups in total. The van der Waals surface area contributed by atoms with Crippen LogP contribution in [0.15, 0.2) is 36.7 Å². The Balaban J connectivity index is 1.47. The fourth-order valence-electron chi connectivity index (χ4n) is 3.05. The molecule has 6 heteroatoms. The molecule has 3 heterocycles. The number of pyridine rings is 2. The lowest BCUT2D eigenvalue weighted by atomic mass is 10.2. The lowest BCUT2D eigenvalue weighted by molar-refractivity contribution is -0.120. The van der Waals surface area contributed by atoms with Crippen molar-refractivity contribution in [1.29, 1.82) is 0 Å². The molecular weight excluding hydrogens is 326 g/mol. The van der Waals surface area contributed by atoms with E-state index in [9.17, 15) is 4.79 Å². The minimum Gasteiger partial charge on any atom is -0.354 e. The van der Waals surface area contributed by atoms with E-state index in [0.29, 0.717) is 13.0 Å². The number of aromatic nitrogens is 2. The van der Waals surface area contributed by atoms with Gasteiger partial charge in [0.15, 0.2) is 0 Å². The van der Waals surface area contributed by atoms with E-state index in [4.69, 9.17) is 0 Å². The van der Waals surface area contributed by atoms with E-state index in [1.807, 2.05) is 37.4 Å². The van der Waals surface area contributed by atoms with Gasteiger partial charge in [-0.2, -0.15) is 0 Å². The van der Waals surface area contributed by atoms with Gasteiger partial charge >= 0.3 is 0 Å². The first kappa shape index (κ1) is 18.3. The first-order valence-corrected chi connectivity index (χ1v) is 9.24. The van der Waals surface area contributed by atoms with E-state index < -0.39 is 0 Å². The smallest absolute Gasteiger partial charge is 0.224 e. The topological polar surface area (TPSA) is 61.4 Å². The number of rotatable bonds is 6. The highest BCUT2D eigenvalue weighted by molar-refractivity contribution is 5.78. The Morgan fingerprint density at radius 1 is 1.04 bits per heavy atom. The molecule has 0 aromatic carbocycles. The first-order chi connectivity index (χ1) is 12.6. The molecule has 0 radical (unpaired) electrons. The second-order valence-corrected chi connectivity index (χ2v) is 6.71. The molecule has 1 aliphatic heterocycles. The molecule has 2 aromatic heterocycles. The Morgan fingerprint density at radius 3 is 2.38 bits per heavy atom. The van der Waals surface area contributed by atoms with Crippen molar-refractivity contribution in [2.45, 2.75) is 26.8 Å². The number of hydrogen-bond acceptors (Lipinski definition) is 5. The molecule has 1 saturated heterocycles. The third kappa shape index (κ3) is 5.02. The Morgan fingerprint density at radius 2 is 1.77 bits per heavy atom. The summed E-state index contributed by atoms with van der Waals surface area (Å²) in [4.78, 5) is 25.6. The largest absolute Gasteiger partial charge is 0.354 e. The predicted molar refractivity (Wildman–Crippen MR) is 103 cm³/mol. The van der Waals surface area contributed by atoms with Crippen LogP contribution >= 0.6 is 0 Å². The zero-order valence-electron chi connectivity index (χ0n) is 15.6. The van der Waals surface area contributed by atoms with Crippen LogP contribution in [-0.2, 0) is 17.8 Å². The molecule has 1 amide bonds. The highest BCUT2D eigenvalue weighted by atomic mass is 16.1. The summed E-state index contributed by atoms with van der Waals surface area (Å²) in [6.45, 7) is 9.95. The van der Waals surface area contributed by atoms with Gasteiger partial charge < -0.3 is 15.1 Å². The van der Waals surface area contributed by atoms with Gasteiger partial charge in [0.2, 0.25) is 5.91 Å². The van der Waals surface area contributed by atoms with Crippen molar-refractivity contribution in [2.24, 2.45) is 0 Å². The normalized spacial score (nSPS) is 15.1. The Kier molecular flexibility index (Phi) is 6.17. The van der Waals surface area contributed by atoms with E-state index in [2.05, 4.69) is 32.0 Å². The summed E-state index contributed by atoms with van der Waals surface area (Å²) in [6.07, 6.45) is 3.96. The van der Waals surface area contributed by atoms with E-state index in [0.717, 1.165) is 55.4 Å². The monoisotopic (exact) mass is 353 g/mol. The Hall–Kier alpha value is -2.47. The second-order valence-electron chi connectivity index (χ2n) is 6.71. The molecule has 2 aromatic rings. The van der Waals surface area contributed by atoms with Gasteiger partial charge in [-0.15, -0.1) is 0 Å². The van der Waals surface area contributed by atoms with Crippen LogP contribution in [0.3, 0.4) is 0 Å². The van der Waals surface area contributed by atoms with E-state index in [1.54, 1.807) is 6.20 Å². The minimum absolute atomic E-state index is 0.00424. The highest BCUT2D eigenvalue weighted by Gasteiger charge is 2.16. The molecule has 0 bridgehead atoms. The van der Waals surface area contributed by atoms with Crippen LogP contribution < -0.4 is 10.2 Å². The maximum Gasteiger partial charge on any atom is 0.224 e. The summed E-state index contributed by atoms with van der Waals surface area (Å²) in [6, 6.07) is 7.96. The van der Waals surface area contributed by atoms with Crippen molar-refractivity contribution < 1.29 is 4.79 Å². The van der Waals surface area contributed by atoms with Gasteiger partial charge in [0.1, 0.15) is 5.82 Å². The number of piperazine rings is 1. The van der Waals surface area contributed by atoms with Gasteiger partial charge in [-0.05, 0) is 36.7 Å². The summed E-state index contributed by atoms with van der Waals surface area (Å²) in [5, 5.41) is 2.95. The van der Waals surface area contributed by atoms with E-state index in [1.165, 1.54) is 0 Å². The molecule has 26 heavy (non-hydrogen) atoms. The number of amides is 1. The van der Waals surface area contributed by atoms with Crippen LogP contribution in [0.1, 0.15) is 23.7 Å². The molecular formula is C20H27N5O. The van der Waals surface area contributed by atoms with Crippen LogP contribution in [-0.4, -0.2) is 53.5 Å². The highest BCUT2D eigenvalue weighted by Crippen LogP contribution is 2.14. The van der Waals surface area contributed by atoms with Crippen LogP contribution in [0.5, 0.6) is 0 Å². The van der Waals surface area contributed by atoms with Crippen LogP contribution in [0.25, 0.3) is 0 Å². The van der Waals surface area contributed by atoms with Crippen LogP contribution in [0.2, 0.25) is 0 Å². The van der Waals surface area contributed by atoms with E-state index in [-0.39, 0.29) is 5.91 Å². The van der Waals surface area contributed by atoms with Gasteiger partial charge in [0.25, 0.3) is 0 Å². The molecule has 0 aliphatic carbocycles. The SMILES string of the molecule is CCN1CCN(c2ccc(CNC(=O)Cc3ccc(C)nc3)cn2)CC1. The molecule has 0 unspecified atom stereocenters. The number of anilines is 1. The van der Waals surface area contributed by atoms with Crippen molar-refractivity contribution in [3.05, 3.63) is 53.5 Å². The number of nitrogens with one attached hydrogen (secondary N) is 1. The van der Waals surface area contributed by atoms with Crippen molar-refractivity contribution in [1.82, 2.24) is 20.2 Å². The fourth-order valence-corrected chi connectivity index (χ4v) is 3.05. The number of likely N-dealkylation sites (N-methyl/N-ethyl adjacent to an activating group) is 1. The van der Waals surface area contributed by atoms with E-state index >= 15 is 0 Å². The molecule has 0 saturated carbocycles. The fraction of sp³-hybridized carbons (Fsp3) is 0.450. The van der Waals surface area contributed by atoms with Gasteiger partial charge in [0.05, 0.1) is 6.42 Å². The lowest BCUT2D eigenvalue weighted by Gasteiger charge is -2.34. The van der Waals surface area contributed by atoms with Gasteiger partial charge in [0, 0.05) is 50.8 Å². The second kappa shape index (κ2) is 8.76. The van der Waals surface area contributed by atoms with Crippen molar-refractivity contribution in [2.75, 3.05) is 37.6 Å². The van der Waals surface area contributed by atoms with Crippen LogP contribution in [0, 0.1) is 6.92 Å². The number of carbonyl (C=O) groups is 1. The first-order valence-electron chi connectivity index (χ1n) is 9.24. The van der Waals surface area contributed by atoms with Crippen LogP contribution in [0.4, 0.5) is 5.82 Å². The van der Waals surface area contributed by atoms with Crippen molar-refractivity contribution >= 4 is 11.7 Å². The van der Waals surface area contributed by atoms with Crippen molar-refractivity contribution in [3.63, 3.8) is 0 Å². The predicted octanol–water partition coefficient (Wildman–Crippen LogP) is 1.79. The zero-order valence-corrected chi connectivity index (χ0v) is 15.6. The molecule has 3 rings (SSSR count). The number of carbonyl (C=O) groups excluding carboxylic acids is 1. The molecule has 138 valence electrons. The summed E-state index contributed by atoms with van der Waals surface area (Å²) in [5.74, 6) is 1.01. The van der Waals surface area contributed by atoms with Gasteiger partial charge in [-0.25, -0.2) is 4.98 Å². The van der Waals surface area contributed by atoms with Gasteiger partial charge in [-0.1, -0.05) is 19.1 Å². The quantitative estimate of drug-likeness (QED) is 0.858. The number of hydrogen-bond donors (Lipinski definition) is 1. The Bertz CT molecular complexity index is 706. The zero-order chi connectivity index (χ0) is 18.4. The summed E-state index contributed by atoms with van der Waals surface area (Å²) in [7, 11) is 0. The minimum atomic E-state index is -0.00424. The average molecular weight is 353 g/mol. The molecule has 1 fully saturated rings. The molecule has 0 atom stereocenters. The molecule has 0 spiro atoms. The average Bonchev–Trinajstić information content (AvgIpc) is 2.69. The number of aryl methyl sites for hydroxylation is 1. The third-order valence-corrected chi connectivity index (χ3v) is 4.78. The Labute approximate surface area is 155 Å². The maximum absolute atomic E-state index is 12.1. The maximum atomic E-state index is 12.1. The summed E-state index contributed by atoms with van der Waals surface area (Å²) in [5.41, 5.74) is 2.89. The standard InChI is InChI=1S/C20H27N5O/c1-3-24-8-10-25(11-9-24)19-7-6-18(14-22-19)15-23-20(26)12-17-5-4-16(2)21-13-17/h4-7,13-14H,3,8-12,15H2,1-2H3,(H,23,26). The third-order valence-electron chi connectivity index (χ3n) is 4.78. The summed E-state index contributed by atoms with van der Waals surface area (Å²) < 4.78 is 0. The summed E-state index contributed by atoms with van der Waals surface area (Å²) >= 11 is 0. The lowest BCUT2D eigenvalue weighted by Crippen LogP contribution is -2.46. The molecule has 6 nitrogen and oxygen atoms in total. The van der Waals surface area contributed by atoms with Gasteiger partial charge in [-0.3, -0.25) is 9.78 Å². The number of nitrogens with zero attached hydrogens (tertiary/aromatic N) is 4. The van der Waals surface area contributed by atoms with Crippen molar-refractivity contribution in [3.8, 4) is 0 Å².